The highest BCUT2D eigenvalue weighted by molar-refractivity contribution is 9.10. The zero-order valence-corrected chi connectivity index (χ0v) is 12.8. The Morgan fingerprint density at radius 3 is 2.65 bits per heavy atom. The molecule has 0 bridgehead atoms. The van der Waals surface area contributed by atoms with Crippen LogP contribution in [0.2, 0.25) is 5.02 Å². The molecule has 20 heavy (non-hydrogen) atoms. The van der Waals surface area contributed by atoms with Crippen LogP contribution in [-0.2, 0) is 0 Å². The number of nitrogens with zero attached hydrogens (tertiary/aromatic N) is 2. The first-order valence-corrected chi connectivity index (χ1v) is 7.24. The molecule has 3 rings (SSSR count). The summed E-state index contributed by atoms with van der Waals surface area (Å²) in [5.41, 5.74) is 9.58. The van der Waals surface area contributed by atoms with E-state index in [9.17, 15) is 0 Å². The van der Waals surface area contributed by atoms with Crippen molar-refractivity contribution in [1.82, 2.24) is 9.97 Å². The van der Waals surface area contributed by atoms with Gasteiger partial charge in [-0.25, -0.2) is 4.98 Å². The smallest absolute Gasteiger partial charge is 0.0890 e. The Morgan fingerprint density at radius 2 is 1.85 bits per heavy atom. The van der Waals surface area contributed by atoms with E-state index in [1.165, 1.54) is 0 Å². The second-order valence-electron chi connectivity index (χ2n) is 4.43. The Labute approximate surface area is 129 Å². The van der Waals surface area contributed by atoms with E-state index in [1.54, 1.807) is 6.20 Å². The number of nitrogens with two attached hydrogens (primary N) is 1. The zero-order chi connectivity index (χ0) is 14.1. The van der Waals surface area contributed by atoms with Gasteiger partial charge in [0.1, 0.15) is 0 Å². The summed E-state index contributed by atoms with van der Waals surface area (Å²) < 4.78 is 0.907. The van der Waals surface area contributed by atoms with Gasteiger partial charge in [-0.15, -0.1) is 0 Å². The molecule has 1 heterocycles. The average Bonchev–Trinajstić information content (AvgIpc) is 2.48. The van der Waals surface area contributed by atoms with Gasteiger partial charge in [-0.1, -0.05) is 39.7 Å². The highest BCUT2D eigenvalue weighted by atomic mass is 79.9. The molecule has 0 aliphatic heterocycles. The van der Waals surface area contributed by atoms with E-state index in [4.69, 9.17) is 17.3 Å². The first kappa shape index (κ1) is 13.5. The monoisotopic (exact) mass is 347 g/mol. The third-order valence-electron chi connectivity index (χ3n) is 3.08. The van der Waals surface area contributed by atoms with Crippen molar-refractivity contribution in [2.24, 2.45) is 5.73 Å². The van der Waals surface area contributed by atoms with Gasteiger partial charge in [-0.2, -0.15) is 0 Å². The number of aromatic nitrogens is 2. The molecule has 2 N–H and O–H groups in total. The van der Waals surface area contributed by atoms with Crippen LogP contribution in [0.3, 0.4) is 0 Å². The fraction of sp³-hybridized carbons (Fsp3) is 0.0667. The molecule has 0 aliphatic carbocycles. The summed E-state index contributed by atoms with van der Waals surface area (Å²) in [4.78, 5) is 8.96. The maximum absolute atomic E-state index is 6.29. The van der Waals surface area contributed by atoms with Gasteiger partial charge in [0, 0.05) is 9.50 Å². The van der Waals surface area contributed by atoms with E-state index < -0.39 is 0 Å². The molecule has 0 saturated heterocycles. The number of hydrogen-bond acceptors (Lipinski definition) is 3. The maximum Gasteiger partial charge on any atom is 0.0890 e. The summed E-state index contributed by atoms with van der Waals surface area (Å²) in [5, 5.41) is 0.646. The van der Waals surface area contributed by atoms with Gasteiger partial charge in [-0.3, -0.25) is 4.98 Å². The van der Waals surface area contributed by atoms with Crippen molar-refractivity contribution in [3.63, 3.8) is 0 Å². The fourth-order valence-corrected chi connectivity index (χ4v) is 2.71. The standard InChI is InChI=1S/C15H11BrClN3/c16-11-6-5-9(17)7-10(11)15(18)14-8-19-12-3-1-2-4-13(12)20-14/h1-8,15H,18H2. The van der Waals surface area contributed by atoms with E-state index in [2.05, 4.69) is 25.9 Å². The highest BCUT2D eigenvalue weighted by Crippen LogP contribution is 2.28. The van der Waals surface area contributed by atoms with Crippen LogP contribution in [0.4, 0.5) is 0 Å². The molecule has 0 spiro atoms. The van der Waals surface area contributed by atoms with Crippen molar-refractivity contribution in [2.75, 3.05) is 0 Å². The molecule has 100 valence electrons. The van der Waals surface area contributed by atoms with Crippen LogP contribution in [-0.4, -0.2) is 9.97 Å². The summed E-state index contributed by atoms with van der Waals surface area (Å²) in [6.07, 6.45) is 1.71. The third kappa shape index (κ3) is 2.54. The topological polar surface area (TPSA) is 51.8 Å². The Hall–Kier alpha value is -1.49. The van der Waals surface area contributed by atoms with Gasteiger partial charge in [0.2, 0.25) is 0 Å². The number of para-hydroxylation sites is 2. The van der Waals surface area contributed by atoms with Crippen LogP contribution in [0.5, 0.6) is 0 Å². The fourth-order valence-electron chi connectivity index (χ4n) is 2.03. The van der Waals surface area contributed by atoms with Crippen LogP contribution >= 0.6 is 27.5 Å². The Morgan fingerprint density at radius 1 is 1.10 bits per heavy atom. The minimum atomic E-state index is -0.375. The van der Waals surface area contributed by atoms with Gasteiger partial charge in [0.25, 0.3) is 0 Å². The molecule has 3 nitrogen and oxygen atoms in total. The summed E-state index contributed by atoms with van der Waals surface area (Å²) in [6, 6.07) is 12.9. The third-order valence-corrected chi connectivity index (χ3v) is 4.04. The van der Waals surface area contributed by atoms with E-state index in [-0.39, 0.29) is 6.04 Å². The number of halogens is 2. The summed E-state index contributed by atoms with van der Waals surface area (Å²) in [7, 11) is 0. The lowest BCUT2D eigenvalue weighted by Crippen LogP contribution is -2.14. The number of hydrogen-bond donors (Lipinski definition) is 1. The lowest BCUT2D eigenvalue weighted by Gasteiger charge is -2.14. The van der Waals surface area contributed by atoms with E-state index in [0.29, 0.717) is 10.7 Å². The van der Waals surface area contributed by atoms with Crippen LogP contribution in [0.1, 0.15) is 17.3 Å². The first-order chi connectivity index (χ1) is 9.65. The van der Waals surface area contributed by atoms with Crippen molar-refractivity contribution in [3.8, 4) is 0 Å². The van der Waals surface area contributed by atoms with Crippen LogP contribution in [0.25, 0.3) is 11.0 Å². The van der Waals surface area contributed by atoms with Gasteiger partial charge in [-0.05, 0) is 35.9 Å². The lowest BCUT2D eigenvalue weighted by molar-refractivity contribution is 0.823. The van der Waals surface area contributed by atoms with Crippen molar-refractivity contribution < 1.29 is 0 Å². The Kier molecular flexibility index (Phi) is 3.70. The molecule has 1 unspecified atom stereocenters. The van der Waals surface area contributed by atoms with Crippen LogP contribution < -0.4 is 5.73 Å². The molecule has 0 saturated carbocycles. The first-order valence-electron chi connectivity index (χ1n) is 6.07. The molecular formula is C15H11BrClN3. The van der Waals surface area contributed by atoms with Gasteiger partial charge in [0.15, 0.2) is 0 Å². The van der Waals surface area contributed by atoms with E-state index in [0.717, 1.165) is 21.1 Å². The Bertz CT molecular complexity index is 776. The summed E-state index contributed by atoms with van der Waals surface area (Å²) in [6.45, 7) is 0. The highest BCUT2D eigenvalue weighted by Gasteiger charge is 2.15. The van der Waals surface area contributed by atoms with Crippen molar-refractivity contribution >= 4 is 38.6 Å². The molecule has 3 aromatic rings. The molecule has 2 aromatic carbocycles. The van der Waals surface area contributed by atoms with Gasteiger partial charge < -0.3 is 5.73 Å². The second-order valence-corrected chi connectivity index (χ2v) is 5.72. The lowest BCUT2D eigenvalue weighted by atomic mass is 10.1. The zero-order valence-electron chi connectivity index (χ0n) is 10.4. The number of rotatable bonds is 2. The molecule has 0 fully saturated rings. The largest absolute Gasteiger partial charge is 0.319 e. The molecular weight excluding hydrogens is 338 g/mol. The maximum atomic E-state index is 6.29. The van der Waals surface area contributed by atoms with E-state index >= 15 is 0 Å². The van der Waals surface area contributed by atoms with Crippen molar-refractivity contribution in [2.45, 2.75) is 6.04 Å². The number of fused-ring (bicyclic) bond motifs is 1. The Balaban J connectivity index is 2.07. The molecule has 0 amide bonds. The quantitative estimate of drug-likeness (QED) is 0.759. The average molecular weight is 349 g/mol. The minimum absolute atomic E-state index is 0.375. The normalized spacial score (nSPS) is 12.6. The second kappa shape index (κ2) is 5.48. The molecule has 0 radical (unpaired) electrons. The van der Waals surface area contributed by atoms with E-state index in [1.807, 2.05) is 42.5 Å². The molecule has 0 aliphatic rings. The van der Waals surface area contributed by atoms with Crippen molar-refractivity contribution in [1.29, 1.82) is 0 Å². The van der Waals surface area contributed by atoms with Gasteiger partial charge in [0.05, 0.1) is 29.0 Å². The number of benzene rings is 2. The van der Waals surface area contributed by atoms with Crippen molar-refractivity contribution in [3.05, 3.63) is 69.4 Å². The predicted molar refractivity (Wildman–Crippen MR) is 84.7 cm³/mol. The minimum Gasteiger partial charge on any atom is -0.319 e. The van der Waals surface area contributed by atoms with Crippen LogP contribution in [0, 0.1) is 0 Å². The molecule has 1 atom stereocenters. The predicted octanol–water partition coefficient (Wildman–Crippen LogP) is 4.09. The SMILES string of the molecule is NC(c1cnc2ccccc2n1)c1cc(Cl)ccc1Br. The molecule has 5 heteroatoms. The van der Waals surface area contributed by atoms with Crippen LogP contribution in [0.15, 0.2) is 53.1 Å². The summed E-state index contributed by atoms with van der Waals surface area (Å²) in [5.74, 6) is 0. The molecule has 1 aromatic heterocycles. The van der Waals surface area contributed by atoms with Gasteiger partial charge >= 0.3 is 0 Å². The summed E-state index contributed by atoms with van der Waals surface area (Å²) >= 11 is 9.52.